The second-order valence-corrected chi connectivity index (χ2v) is 8.64. The van der Waals surface area contributed by atoms with Crippen molar-refractivity contribution in [3.8, 4) is 22.3 Å². The summed E-state index contributed by atoms with van der Waals surface area (Å²) in [6.45, 7) is 0. The highest BCUT2D eigenvalue weighted by atomic mass is 16.3. The summed E-state index contributed by atoms with van der Waals surface area (Å²) in [7, 11) is 0. The van der Waals surface area contributed by atoms with Gasteiger partial charge in [-0.3, -0.25) is 0 Å². The highest BCUT2D eigenvalue weighted by Gasteiger charge is 2.18. The molecule has 0 atom stereocenters. The van der Waals surface area contributed by atoms with Gasteiger partial charge in [-0.15, -0.1) is 0 Å². The molecule has 0 saturated heterocycles. The van der Waals surface area contributed by atoms with Crippen LogP contribution in [0.15, 0.2) is 138 Å². The fourth-order valence-electron chi connectivity index (χ4n) is 5.11. The van der Waals surface area contributed by atoms with Crippen molar-refractivity contribution in [2.45, 2.75) is 0 Å². The average Bonchev–Trinajstić information content (AvgIpc) is 3.49. The topological polar surface area (TPSA) is 13.1 Å². The van der Waals surface area contributed by atoms with Gasteiger partial charge in [0.15, 0.2) is 0 Å². The van der Waals surface area contributed by atoms with Gasteiger partial charge in [0.05, 0.1) is 19.2 Å². The van der Waals surface area contributed by atoms with Gasteiger partial charge in [0, 0.05) is 10.8 Å². The van der Waals surface area contributed by atoms with Gasteiger partial charge < -0.3 is 4.42 Å². The molecule has 0 aliphatic rings. The summed E-state index contributed by atoms with van der Waals surface area (Å²) in [6, 6.07) is 5.29. The van der Waals surface area contributed by atoms with Crippen molar-refractivity contribution in [2.75, 3.05) is 0 Å². The largest absolute Gasteiger partial charge is 0.456 e. The van der Waals surface area contributed by atoms with Gasteiger partial charge in [-0.2, -0.15) is 0 Å². The first kappa shape index (κ1) is 11.0. The molecular formula is C36H22O. The summed E-state index contributed by atoms with van der Waals surface area (Å²) in [6.07, 6.45) is 0. The minimum Gasteiger partial charge on any atom is -0.456 e. The van der Waals surface area contributed by atoms with E-state index in [1.165, 1.54) is 0 Å². The zero-order valence-electron chi connectivity index (χ0n) is 33.0. The molecule has 0 unspecified atom stereocenters. The smallest absolute Gasteiger partial charge is 0.135 e. The predicted molar refractivity (Wildman–Crippen MR) is 157 cm³/mol. The number of hydrogen-bond donors (Lipinski definition) is 0. The SMILES string of the molecule is [2H]c1cc2c(-c3c4c([2H])c([2H])c([2H])c([2H])c4c(-c4ccc5oc6ccccc6c5c4)c4c([2H])c([2H])c([2H])c([2H])c34)c([2H])c([2H])c([2H])c2c([2H])c1[2H]. The van der Waals surface area contributed by atoms with Crippen LogP contribution in [0.2, 0.25) is 0 Å². The van der Waals surface area contributed by atoms with Gasteiger partial charge in [0.1, 0.15) is 11.2 Å². The molecule has 0 N–H and O–H groups in total. The molecule has 0 spiro atoms. The third-order valence-corrected chi connectivity index (χ3v) is 6.68. The lowest BCUT2D eigenvalue weighted by Gasteiger charge is -2.18. The minimum atomic E-state index is -0.674. The molecule has 0 bridgehead atoms. The lowest BCUT2D eigenvalue weighted by atomic mass is 9.84. The van der Waals surface area contributed by atoms with Crippen molar-refractivity contribution in [2.24, 2.45) is 0 Å². The highest BCUT2D eigenvalue weighted by molar-refractivity contribution is 6.24. The molecule has 0 radical (unpaired) electrons. The van der Waals surface area contributed by atoms with Gasteiger partial charge in [0.2, 0.25) is 0 Å². The number of benzene rings is 7. The Labute approximate surface area is 233 Å². The number of rotatable bonds is 2. The number of furan rings is 1. The average molecular weight is 485 g/mol. The van der Waals surface area contributed by atoms with E-state index in [2.05, 4.69) is 0 Å². The highest BCUT2D eigenvalue weighted by Crippen LogP contribution is 2.45. The molecule has 1 aromatic heterocycles. The lowest BCUT2D eigenvalue weighted by Crippen LogP contribution is -1.91. The fraction of sp³-hybridized carbons (Fsp3) is 0. The molecule has 7 aromatic carbocycles. The molecular weight excluding hydrogens is 448 g/mol. The van der Waals surface area contributed by atoms with Crippen LogP contribution in [0.4, 0.5) is 0 Å². The van der Waals surface area contributed by atoms with Gasteiger partial charge in [-0.1, -0.05) is 115 Å². The Kier molecular flexibility index (Phi) is 2.33. The molecule has 1 heteroatoms. The van der Waals surface area contributed by atoms with Crippen LogP contribution in [0.5, 0.6) is 0 Å². The van der Waals surface area contributed by atoms with Crippen LogP contribution in [0.3, 0.4) is 0 Å². The Balaban J connectivity index is 1.73. The quantitative estimate of drug-likeness (QED) is 0.222. The lowest BCUT2D eigenvalue weighted by molar-refractivity contribution is 0.669. The van der Waals surface area contributed by atoms with Crippen molar-refractivity contribution in [3.63, 3.8) is 0 Å². The Hall–Kier alpha value is -4.88. The summed E-state index contributed by atoms with van der Waals surface area (Å²) in [5.74, 6) is 0. The van der Waals surface area contributed by atoms with Crippen molar-refractivity contribution >= 4 is 54.3 Å². The van der Waals surface area contributed by atoms with E-state index in [1.54, 1.807) is 24.3 Å². The van der Waals surface area contributed by atoms with E-state index in [0.29, 0.717) is 22.1 Å². The number of fused-ring (bicyclic) bond motifs is 6. The maximum absolute atomic E-state index is 9.23. The molecule has 8 aromatic rings. The van der Waals surface area contributed by atoms with Gasteiger partial charge in [-0.05, 0) is 72.8 Å². The first-order chi connectivity index (χ1) is 24.2. The van der Waals surface area contributed by atoms with Crippen LogP contribution in [-0.4, -0.2) is 0 Å². The second-order valence-electron chi connectivity index (χ2n) is 8.64. The monoisotopic (exact) mass is 484 g/mol. The van der Waals surface area contributed by atoms with E-state index >= 15 is 0 Å². The molecule has 0 amide bonds. The third-order valence-electron chi connectivity index (χ3n) is 6.68. The summed E-state index contributed by atoms with van der Waals surface area (Å²) >= 11 is 0. The molecule has 1 nitrogen and oxygen atoms in total. The first-order valence-electron chi connectivity index (χ1n) is 18.6. The molecule has 1 heterocycles. The first-order valence-corrected chi connectivity index (χ1v) is 11.6. The molecule has 0 fully saturated rings. The van der Waals surface area contributed by atoms with Crippen LogP contribution in [-0.2, 0) is 0 Å². The Morgan fingerprint density at radius 3 is 1.89 bits per heavy atom. The Bertz CT molecular complexity index is 2820. The van der Waals surface area contributed by atoms with E-state index < -0.39 is 84.6 Å². The normalized spacial score (nSPS) is 17.1. The summed E-state index contributed by atoms with van der Waals surface area (Å²) < 4.78 is 129. The standard InChI is InChI=1S/C36H22O/c1-2-12-25-23(10-1)11-9-18-27(25)36-30-16-5-3-14-28(30)35(29-15-4-6-17-31(29)36)24-20-21-34-32(22-24)26-13-7-8-19-33(26)37-34/h1-22H/i1D,2D,3D,4D,5D,6D,9D,10D,11D,14D,15D,16D,17D,18D. The van der Waals surface area contributed by atoms with Crippen LogP contribution < -0.4 is 0 Å². The number of hydrogen-bond acceptors (Lipinski definition) is 1. The van der Waals surface area contributed by atoms with E-state index in [9.17, 15) is 5.48 Å². The van der Waals surface area contributed by atoms with Crippen molar-refractivity contribution < 1.29 is 23.6 Å². The van der Waals surface area contributed by atoms with Gasteiger partial charge in [0.25, 0.3) is 0 Å². The molecule has 0 saturated carbocycles. The van der Waals surface area contributed by atoms with Gasteiger partial charge >= 0.3 is 0 Å². The maximum atomic E-state index is 9.23. The molecule has 37 heavy (non-hydrogen) atoms. The predicted octanol–water partition coefficient (Wildman–Crippen LogP) is 10.4. The van der Waals surface area contributed by atoms with Crippen LogP contribution >= 0.6 is 0 Å². The number of para-hydroxylation sites is 1. The van der Waals surface area contributed by atoms with Crippen LogP contribution in [0.1, 0.15) is 19.2 Å². The van der Waals surface area contributed by atoms with E-state index in [-0.39, 0.29) is 49.0 Å². The molecule has 0 aliphatic carbocycles. The molecule has 172 valence electrons. The second kappa shape index (κ2) is 7.81. The Morgan fingerprint density at radius 1 is 0.459 bits per heavy atom. The third kappa shape index (κ3) is 2.98. The minimum absolute atomic E-state index is 0.0739. The van der Waals surface area contributed by atoms with Crippen molar-refractivity contribution in [3.05, 3.63) is 133 Å². The van der Waals surface area contributed by atoms with E-state index in [1.807, 2.05) is 18.2 Å². The van der Waals surface area contributed by atoms with Crippen molar-refractivity contribution in [1.82, 2.24) is 0 Å². The van der Waals surface area contributed by atoms with E-state index in [4.69, 9.17) is 18.1 Å². The van der Waals surface area contributed by atoms with E-state index in [0.717, 1.165) is 11.5 Å². The molecule has 0 aliphatic heterocycles. The summed E-state index contributed by atoms with van der Waals surface area (Å²) in [4.78, 5) is 0. The van der Waals surface area contributed by atoms with Crippen LogP contribution in [0, 0.1) is 0 Å². The van der Waals surface area contributed by atoms with Crippen molar-refractivity contribution in [1.29, 1.82) is 0 Å². The maximum Gasteiger partial charge on any atom is 0.135 e. The van der Waals surface area contributed by atoms with Crippen LogP contribution in [0.25, 0.3) is 76.5 Å². The summed E-state index contributed by atoms with van der Waals surface area (Å²) in [5.41, 5.74) is 1.04. The van der Waals surface area contributed by atoms with Gasteiger partial charge in [-0.25, -0.2) is 0 Å². The zero-order chi connectivity index (χ0) is 36.5. The fourth-order valence-corrected chi connectivity index (χ4v) is 5.11. The zero-order valence-corrected chi connectivity index (χ0v) is 19.0. The molecule has 8 rings (SSSR count). The Morgan fingerprint density at radius 2 is 1.11 bits per heavy atom. The summed E-state index contributed by atoms with van der Waals surface area (Å²) in [5, 5.41) is 0.351.